The average Bonchev–Trinajstić information content (AvgIpc) is 3.18. The summed E-state index contributed by atoms with van der Waals surface area (Å²) in [4.78, 5) is 0. The van der Waals surface area contributed by atoms with Crippen molar-refractivity contribution in [1.29, 1.82) is 5.26 Å². The Hall–Kier alpha value is -0.950. The summed E-state index contributed by atoms with van der Waals surface area (Å²) in [5.74, 6) is 9.69. The highest BCUT2D eigenvalue weighted by Crippen LogP contribution is 2.57. The van der Waals surface area contributed by atoms with Crippen molar-refractivity contribution in [2.45, 2.75) is 104 Å². The molecule has 0 N–H and O–H groups in total. The number of nitrogens with zero attached hydrogens (tertiary/aromatic N) is 1. The normalized spacial score (nSPS) is 38.7. The van der Waals surface area contributed by atoms with Crippen LogP contribution in [0.5, 0.6) is 0 Å². The Kier molecular flexibility index (Phi) is 8.54. The van der Waals surface area contributed by atoms with Gasteiger partial charge >= 0.3 is 0 Å². The second-order valence-electron chi connectivity index (χ2n) is 10.9. The van der Waals surface area contributed by atoms with Gasteiger partial charge in [-0.1, -0.05) is 65.7 Å². The zero-order valence-corrected chi connectivity index (χ0v) is 19.4. The van der Waals surface area contributed by atoms with Gasteiger partial charge in [0, 0.05) is 11.8 Å². The van der Waals surface area contributed by atoms with Gasteiger partial charge in [0.25, 0.3) is 0 Å². The van der Waals surface area contributed by atoms with Crippen molar-refractivity contribution in [2.75, 3.05) is 0 Å². The molecule has 0 radical (unpaired) electrons. The Morgan fingerprint density at radius 2 is 1.72 bits per heavy atom. The third kappa shape index (κ3) is 5.22. The van der Waals surface area contributed by atoms with Gasteiger partial charge in [0.05, 0.1) is 6.07 Å². The summed E-state index contributed by atoms with van der Waals surface area (Å²) >= 11 is 0. The quantitative estimate of drug-likeness (QED) is 0.384. The van der Waals surface area contributed by atoms with Gasteiger partial charge in [0.2, 0.25) is 0 Å². The number of hydrogen-bond acceptors (Lipinski definition) is 1. The van der Waals surface area contributed by atoms with Crippen molar-refractivity contribution < 1.29 is 0 Å². The van der Waals surface area contributed by atoms with Crippen LogP contribution in [0.15, 0.2) is 0 Å². The maximum absolute atomic E-state index is 9.37. The number of nitriles is 1. The predicted octanol–water partition coefficient (Wildman–Crippen LogP) is 7.86. The molecule has 0 saturated heterocycles. The molecule has 3 aliphatic carbocycles. The predicted molar refractivity (Wildman–Crippen MR) is 123 cm³/mol. The summed E-state index contributed by atoms with van der Waals surface area (Å²) in [5, 5.41) is 9.37. The van der Waals surface area contributed by atoms with Gasteiger partial charge < -0.3 is 0 Å². The Labute approximate surface area is 181 Å². The van der Waals surface area contributed by atoms with Crippen LogP contribution in [-0.4, -0.2) is 0 Å². The first-order valence-corrected chi connectivity index (χ1v) is 13.0. The van der Waals surface area contributed by atoms with E-state index in [2.05, 4.69) is 32.8 Å². The fraction of sp³-hybridized carbons (Fsp3) is 0.893. The van der Waals surface area contributed by atoms with Crippen LogP contribution in [0, 0.1) is 76.9 Å². The van der Waals surface area contributed by atoms with Crippen LogP contribution in [0.4, 0.5) is 0 Å². The van der Waals surface area contributed by atoms with E-state index in [1.807, 2.05) is 0 Å². The molecule has 0 aromatic heterocycles. The van der Waals surface area contributed by atoms with Gasteiger partial charge in [0.15, 0.2) is 0 Å². The smallest absolute Gasteiger partial charge is 0.0655 e. The molecular formula is C28H45N. The van der Waals surface area contributed by atoms with Crippen LogP contribution in [0.1, 0.15) is 104 Å². The third-order valence-corrected chi connectivity index (χ3v) is 9.52. The van der Waals surface area contributed by atoms with Gasteiger partial charge in [-0.2, -0.15) is 5.26 Å². The van der Waals surface area contributed by atoms with Crippen molar-refractivity contribution in [3.8, 4) is 18.4 Å². The monoisotopic (exact) mass is 395 g/mol. The lowest BCUT2D eigenvalue weighted by Gasteiger charge is -2.48. The standard InChI is InChI=1S/C28H45N/c1-5-22(19-29)15-16-24-17-18-27-20(3)25(6-2)26(21(4)28(24)27)14-10-13-23-11-8-7-9-12-23/h2,20-28H,5,7-18H2,1,3-4H3. The van der Waals surface area contributed by atoms with Crippen LogP contribution >= 0.6 is 0 Å². The minimum atomic E-state index is 0.259. The zero-order chi connectivity index (χ0) is 20.8. The summed E-state index contributed by atoms with van der Waals surface area (Å²) in [6, 6.07) is 2.53. The van der Waals surface area contributed by atoms with Crippen LogP contribution in [0.3, 0.4) is 0 Å². The highest BCUT2D eigenvalue weighted by molar-refractivity contribution is 5.08. The first kappa shape index (κ1) is 22.7. The Morgan fingerprint density at radius 1 is 0.966 bits per heavy atom. The SMILES string of the molecule is C#CC1C(C)C2CCC(CCC(C#N)CC)C2C(C)C1CCCC1CCCCC1. The molecule has 3 aliphatic rings. The van der Waals surface area contributed by atoms with E-state index in [1.54, 1.807) is 0 Å². The van der Waals surface area contributed by atoms with Crippen molar-refractivity contribution >= 4 is 0 Å². The van der Waals surface area contributed by atoms with E-state index >= 15 is 0 Å². The molecule has 3 rings (SSSR count). The highest BCUT2D eigenvalue weighted by Gasteiger charge is 2.51. The molecule has 1 heteroatoms. The van der Waals surface area contributed by atoms with E-state index in [9.17, 15) is 5.26 Å². The Morgan fingerprint density at radius 3 is 2.38 bits per heavy atom. The Balaban J connectivity index is 1.61. The molecule has 3 saturated carbocycles. The highest BCUT2D eigenvalue weighted by atomic mass is 14.5. The second-order valence-corrected chi connectivity index (χ2v) is 10.9. The van der Waals surface area contributed by atoms with Crippen LogP contribution in [-0.2, 0) is 0 Å². The molecule has 3 fully saturated rings. The fourth-order valence-electron chi connectivity index (χ4n) is 7.79. The van der Waals surface area contributed by atoms with Crippen LogP contribution < -0.4 is 0 Å². The van der Waals surface area contributed by atoms with E-state index in [0.29, 0.717) is 11.8 Å². The van der Waals surface area contributed by atoms with Gasteiger partial charge in [-0.05, 0) is 80.0 Å². The second kappa shape index (κ2) is 10.9. The van der Waals surface area contributed by atoms with E-state index < -0.39 is 0 Å². The molecule has 0 aliphatic heterocycles. The van der Waals surface area contributed by atoms with E-state index in [1.165, 1.54) is 70.6 Å². The minimum absolute atomic E-state index is 0.259. The minimum Gasteiger partial charge on any atom is -0.198 e. The third-order valence-electron chi connectivity index (χ3n) is 9.52. The molecule has 0 aromatic carbocycles. The largest absolute Gasteiger partial charge is 0.198 e. The molecular weight excluding hydrogens is 350 g/mol. The average molecular weight is 396 g/mol. The van der Waals surface area contributed by atoms with Crippen molar-refractivity contribution in [1.82, 2.24) is 0 Å². The van der Waals surface area contributed by atoms with Gasteiger partial charge in [-0.3, -0.25) is 0 Å². The molecule has 0 aromatic rings. The first-order chi connectivity index (χ1) is 14.1. The maximum atomic E-state index is 9.37. The van der Waals surface area contributed by atoms with Crippen molar-refractivity contribution in [3.05, 3.63) is 0 Å². The number of fused-ring (bicyclic) bond motifs is 1. The maximum Gasteiger partial charge on any atom is 0.0655 e. The molecule has 0 amide bonds. The summed E-state index contributed by atoms with van der Waals surface area (Å²) in [7, 11) is 0. The first-order valence-electron chi connectivity index (χ1n) is 13.0. The summed E-state index contributed by atoms with van der Waals surface area (Å²) in [5.41, 5.74) is 0. The number of rotatable bonds is 8. The van der Waals surface area contributed by atoms with Crippen molar-refractivity contribution in [3.63, 3.8) is 0 Å². The van der Waals surface area contributed by atoms with Gasteiger partial charge in [-0.25, -0.2) is 0 Å². The molecule has 8 unspecified atom stereocenters. The molecule has 8 atom stereocenters. The lowest BCUT2D eigenvalue weighted by molar-refractivity contribution is 0.0115. The topological polar surface area (TPSA) is 23.8 Å². The van der Waals surface area contributed by atoms with Crippen LogP contribution in [0.25, 0.3) is 0 Å². The summed E-state index contributed by atoms with van der Waals surface area (Å²) < 4.78 is 0. The molecule has 0 spiro atoms. The van der Waals surface area contributed by atoms with Gasteiger partial charge in [0.1, 0.15) is 0 Å². The zero-order valence-electron chi connectivity index (χ0n) is 19.4. The van der Waals surface area contributed by atoms with E-state index in [4.69, 9.17) is 6.42 Å². The summed E-state index contributed by atoms with van der Waals surface area (Å²) in [6.07, 6.45) is 23.7. The molecule has 1 nitrogen and oxygen atoms in total. The fourth-order valence-corrected chi connectivity index (χ4v) is 7.79. The van der Waals surface area contributed by atoms with Crippen molar-refractivity contribution in [2.24, 2.45) is 53.3 Å². The lowest BCUT2D eigenvalue weighted by Crippen LogP contribution is -2.43. The molecule has 162 valence electrons. The number of hydrogen-bond donors (Lipinski definition) is 0. The van der Waals surface area contributed by atoms with Crippen LogP contribution in [0.2, 0.25) is 0 Å². The number of terminal acetylenes is 1. The molecule has 0 heterocycles. The molecule has 29 heavy (non-hydrogen) atoms. The molecule has 0 bridgehead atoms. The lowest BCUT2D eigenvalue weighted by atomic mass is 9.56. The van der Waals surface area contributed by atoms with E-state index in [-0.39, 0.29) is 5.92 Å². The van der Waals surface area contributed by atoms with Gasteiger partial charge in [-0.15, -0.1) is 12.3 Å². The Bertz CT molecular complexity index is 574. The van der Waals surface area contributed by atoms with E-state index in [0.717, 1.165) is 48.3 Å². The summed E-state index contributed by atoms with van der Waals surface area (Å²) in [6.45, 7) is 7.17.